The van der Waals surface area contributed by atoms with Gasteiger partial charge in [0.05, 0.1) is 12.0 Å². The van der Waals surface area contributed by atoms with Crippen molar-refractivity contribution in [2.75, 3.05) is 0 Å². The number of hydrogen-bond donors (Lipinski definition) is 1. The van der Waals surface area contributed by atoms with Crippen LogP contribution in [0.25, 0.3) is 10.8 Å². The van der Waals surface area contributed by atoms with Gasteiger partial charge in [0.25, 0.3) is 0 Å². The highest BCUT2D eigenvalue weighted by Gasteiger charge is 1.99. The van der Waals surface area contributed by atoms with Crippen LogP contribution >= 0.6 is 12.0 Å². The Morgan fingerprint density at radius 3 is 2.67 bits per heavy atom. The summed E-state index contributed by atoms with van der Waals surface area (Å²) in [5.74, 6) is 0. The molecule has 15 heavy (non-hydrogen) atoms. The maximum Gasteiger partial charge on any atom is 0.0714 e. The lowest BCUT2D eigenvalue weighted by Crippen LogP contribution is -1.80. The molecule has 2 aromatic rings. The smallest absolute Gasteiger partial charge is 0.0714 e. The van der Waals surface area contributed by atoms with E-state index in [2.05, 4.69) is 27.6 Å². The summed E-state index contributed by atoms with van der Waals surface area (Å²) in [6.45, 7) is 2.05. The van der Waals surface area contributed by atoms with Crippen LogP contribution in [-0.4, -0.2) is 5.26 Å². The number of hydrogen-bond acceptors (Lipinski definition) is 4. The molecule has 0 saturated carbocycles. The van der Waals surface area contributed by atoms with Crippen LogP contribution in [0.3, 0.4) is 0 Å². The molecule has 0 amide bonds. The molecule has 0 radical (unpaired) electrons. The van der Waals surface area contributed by atoms with Gasteiger partial charge in [-0.2, -0.15) is 0 Å². The van der Waals surface area contributed by atoms with Gasteiger partial charge in [0, 0.05) is 4.90 Å². The monoisotopic (exact) mass is 222 g/mol. The van der Waals surface area contributed by atoms with Crippen LogP contribution in [0.15, 0.2) is 41.3 Å². The maximum absolute atomic E-state index is 8.04. The van der Waals surface area contributed by atoms with Crippen LogP contribution in [0.5, 0.6) is 0 Å². The van der Waals surface area contributed by atoms with E-state index in [9.17, 15) is 0 Å². The lowest BCUT2D eigenvalue weighted by molar-refractivity contribution is -0.432. The first kappa shape index (κ1) is 10.4. The van der Waals surface area contributed by atoms with Gasteiger partial charge >= 0.3 is 0 Å². The molecule has 0 aromatic heterocycles. The topological polar surface area (TPSA) is 38.7 Å². The second-order valence-electron chi connectivity index (χ2n) is 3.24. The lowest BCUT2D eigenvalue weighted by Gasteiger charge is -2.02. The molecular weight excluding hydrogens is 212 g/mol. The molecule has 4 heteroatoms. The van der Waals surface area contributed by atoms with Gasteiger partial charge in [-0.3, -0.25) is 0 Å². The normalized spacial score (nSPS) is 10.8. The van der Waals surface area contributed by atoms with E-state index in [1.54, 1.807) is 0 Å². The van der Waals surface area contributed by atoms with Gasteiger partial charge in [0.15, 0.2) is 0 Å². The molecule has 0 unspecified atom stereocenters. The van der Waals surface area contributed by atoms with E-state index in [1.165, 1.54) is 10.9 Å². The Labute approximate surface area is 91.7 Å². The van der Waals surface area contributed by atoms with Crippen LogP contribution < -0.4 is 0 Å². The molecule has 0 atom stereocenters. The van der Waals surface area contributed by atoms with E-state index >= 15 is 0 Å². The van der Waals surface area contributed by atoms with Crippen molar-refractivity contribution in [1.82, 2.24) is 0 Å². The zero-order valence-electron chi connectivity index (χ0n) is 8.14. The summed E-state index contributed by atoms with van der Waals surface area (Å²) in [5, 5.41) is 13.9. The Morgan fingerprint density at radius 2 is 1.87 bits per heavy atom. The maximum atomic E-state index is 8.04. The number of benzene rings is 2. The van der Waals surface area contributed by atoms with Crippen molar-refractivity contribution in [2.24, 2.45) is 0 Å². The fraction of sp³-hybridized carbons (Fsp3) is 0.0909. The van der Waals surface area contributed by atoms with E-state index in [-0.39, 0.29) is 0 Å². The molecule has 3 nitrogen and oxygen atoms in total. The fourth-order valence-corrected chi connectivity index (χ4v) is 1.86. The minimum Gasteiger partial charge on any atom is -0.220 e. The summed E-state index contributed by atoms with van der Waals surface area (Å²) < 4.78 is 4.37. The molecule has 0 aliphatic rings. The second-order valence-corrected chi connectivity index (χ2v) is 4.01. The van der Waals surface area contributed by atoms with Crippen LogP contribution in [0.2, 0.25) is 0 Å². The average Bonchev–Trinajstić information content (AvgIpc) is 2.25. The fourth-order valence-electron chi connectivity index (χ4n) is 1.45. The molecular formula is C11H10O3S. The van der Waals surface area contributed by atoms with E-state index in [4.69, 9.17) is 5.26 Å². The quantitative estimate of drug-likeness (QED) is 0.489. The Bertz CT molecular complexity index is 470. The first-order valence-corrected chi connectivity index (χ1v) is 5.19. The number of aryl methyl sites for hydroxylation is 1. The van der Waals surface area contributed by atoms with Crippen LogP contribution in [-0.2, 0) is 9.37 Å². The SMILES string of the molecule is Cc1ccc2ccc(SOOO)cc2c1. The predicted molar refractivity (Wildman–Crippen MR) is 59.3 cm³/mol. The molecule has 0 bridgehead atoms. The molecule has 1 N–H and O–H groups in total. The van der Waals surface area contributed by atoms with E-state index in [0.29, 0.717) is 0 Å². The largest absolute Gasteiger partial charge is 0.220 e. The minimum absolute atomic E-state index is 0.877. The average molecular weight is 222 g/mol. The molecule has 78 valence electrons. The summed E-state index contributed by atoms with van der Waals surface area (Å²) >= 11 is 0.969. The Morgan fingerprint density at radius 1 is 1.07 bits per heavy atom. The Kier molecular flexibility index (Phi) is 3.23. The van der Waals surface area contributed by atoms with Gasteiger partial charge < -0.3 is 0 Å². The highest BCUT2D eigenvalue weighted by atomic mass is 32.2. The van der Waals surface area contributed by atoms with Gasteiger partial charge in [0.1, 0.15) is 0 Å². The molecule has 2 rings (SSSR count). The van der Waals surface area contributed by atoms with Gasteiger partial charge in [-0.25, -0.2) is 5.26 Å². The van der Waals surface area contributed by atoms with E-state index in [0.717, 1.165) is 22.3 Å². The summed E-state index contributed by atoms with van der Waals surface area (Å²) in [6, 6.07) is 12.1. The first-order chi connectivity index (χ1) is 7.29. The highest BCUT2D eigenvalue weighted by Crippen LogP contribution is 2.24. The van der Waals surface area contributed by atoms with Crippen molar-refractivity contribution >= 4 is 22.8 Å². The van der Waals surface area contributed by atoms with Crippen molar-refractivity contribution in [2.45, 2.75) is 11.8 Å². The van der Waals surface area contributed by atoms with Gasteiger partial charge in [-0.1, -0.05) is 34.9 Å². The van der Waals surface area contributed by atoms with E-state index in [1.807, 2.05) is 25.1 Å². The summed E-state index contributed by atoms with van der Waals surface area (Å²) in [4.78, 5) is 0.877. The van der Waals surface area contributed by atoms with Crippen LogP contribution in [0.1, 0.15) is 5.56 Å². The molecule has 0 spiro atoms. The van der Waals surface area contributed by atoms with Crippen molar-refractivity contribution in [3.63, 3.8) is 0 Å². The number of fused-ring (bicyclic) bond motifs is 1. The van der Waals surface area contributed by atoms with Crippen molar-refractivity contribution in [3.8, 4) is 0 Å². The summed E-state index contributed by atoms with van der Waals surface area (Å²) in [6.07, 6.45) is 0. The zero-order chi connectivity index (χ0) is 10.7. The lowest BCUT2D eigenvalue weighted by atomic mass is 10.1. The third-order valence-corrected chi connectivity index (χ3v) is 2.70. The van der Waals surface area contributed by atoms with Gasteiger partial charge in [-0.15, -0.1) is 4.33 Å². The molecule has 0 aliphatic heterocycles. The van der Waals surface area contributed by atoms with Gasteiger partial charge in [-0.05, 0) is 29.8 Å². The van der Waals surface area contributed by atoms with Crippen LogP contribution in [0, 0.1) is 6.92 Å². The van der Waals surface area contributed by atoms with Crippen LogP contribution in [0.4, 0.5) is 0 Å². The standard InChI is InChI=1S/C11H10O3S/c1-8-2-3-9-4-5-11(15-14-13-12)7-10(9)6-8/h2-7,12H,1H3. The van der Waals surface area contributed by atoms with Crippen molar-refractivity contribution in [1.29, 1.82) is 0 Å². The molecule has 0 saturated heterocycles. The first-order valence-electron chi connectivity index (χ1n) is 4.45. The van der Waals surface area contributed by atoms with Crippen molar-refractivity contribution in [3.05, 3.63) is 42.0 Å². The predicted octanol–water partition coefficient (Wildman–Crippen LogP) is 3.58. The molecule has 0 heterocycles. The third-order valence-electron chi connectivity index (χ3n) is 2.13. The van der Waals surface area contributed by atoms with Gasteiger partial charge in [0.2, 0.25) is 0 Å². The minimum atomic E-state index is 0.877. The Balaban J connectivity index is 2.36. The summed E-state index contributed by atoms with van der Waals surface area (Å²) in [5.41, 5.74) is 1.21. The molecule has 0 fully saturated rings. The summed E-state index contributed by atoms with van der Waals surface area (Å²) in [7, 11) is 0. The second kappa shape index (κ2) is 4.63. The number of rotatable bonds is 3. The Hall–Kier alpha value is -1.07. The zero-order valence-corrected chi connectivity index (χ0v) is 8.95. The molecule has 0 aliphatic carbocycles. The third kappa shape index (κ3) is 2.49. The van der Waals surface area contributed by atoms with E-state index < -0.39 is 0 Å². The molecule has 2 aromatic carbocycles. The van der Waals surface area contributed by atoms with Crippen molar-refractivity contribution < 1.29 is 14.6 Å². The highest BCUT2D eigenvalue weighted by molar-refractivity contribution is 7.94.